The minimum absolute atomic E-state index is 0.0261. The van der Waals surface area contributed by atoms with E-state index in [0.717, 1.165) is 17.7 Å². The number of aromatic nitrogens is 2. The molecule has 8 heteroatoms. The van der Waals surface area contributed by atoms with E-state index in [0.29, 0.717) is 10.7 Å². The maximum atomic E-state index is 13.6. The third kappa shape index (κ3) is 4.12. The molecule has 0 radical (unpaired) electrons. The van der Waals surface area contributed by atoms with Gasteiger partial charge in [0.2, 0.25) is 5.95 Å². The molecule has 1 heterocycles. The van der Waals surface area contributed by atoms with Gasteiger partial charge in [0.25, 0.3) is 5.91 Å². The number of amides is 1. The number of hydrogen-bond acceptors (Lipinski definition) is 4. The van der Waals surface area contributed by atoms with Gasteiger partial charge in [-0.3, -0.25) is 4.79 Å². The summed E-state index contributed by atoms with van der Waals surface area (Å²) in [6.07, 6.45) is 2.60. The maximum Gasteiger partial charge on any atom is 0.258 e. The van der Waals surface area contributed by atoms with Crippen molar-refractivity contribution in [1.82, 2.24) is 9.97 Å². The number of rotatable bonds is 4. The molecule has 2 N–H and O–H groups in total. The Morgan fingerprint density at radius 3 is 2.46 bits per heavy atom. The zero-order valence-corrected chi connectivity index (χ0v) is 14.3. The van der Waals surface area contributed by atoms with Crippen LogP contribution in [0.4, 0.5) is 26.1 Å². The van der Waals surface area contributed by atoms with Crippen molar-refractivity contribution < 1.29 is 13.6 Å². The van der Waals surface area contributed by atoms with Crippen LogP contribution in [0.5, 0.6) is 0 Å². The lowest BCUT2D eigenvalue weighted by molar-refractivity contribution is 0.102. The number of carbonyl (C=O) groups is 1. The van der Waals surface area contributed by atoms with E-state index in [4.69, 9.17) is 11.6 Å². The summed E-state index contributed by atoms with van der Waals surface area (Å²) in [6, 6.07) is 8.25. The largest absolute Gasteiger partial charge is 0.322 e. The van der Waals surface area contributed by atoms with Crippen LogP contribution in [0.2, 0.25) is 5.02 Å². The second-order valence-electron chi connectivity index (χ2n) is 5.46. The molecule has 0 spiro atoms. The fraction of sp³-hybridized carbons (Fsp3) is 0.0556. The van der Waals surface area contributed by atoms with Gasteiger partial charge in [0.1, 0.15) is 11.6 Å². The van der Waals surface area contributed by atoms with E-state index >= 15 is 0 Å². The van der Waals surface area contributed by atoms with Crippen molar-refractivity contribution in [2.75, 3.05) is 10.6 Å². The normalized spacial score (nSPS) is 10.5. The molecule has 1 aromatic heterocycles. The third-order valence-corrected chi connectivity index (χ3v) is 3.77. The van der Waals surface area contributed by atoms with Crippen molar-refractivity contribution in [3.05, 3.63) is 76.6 Å². The first-order valence-electron chi connectivity index (χ1n) is 7.54. The van der Waals surface area contributed by atoms with Crippen LogP contribution in [0.3, 0.4) is 0 Å². The lowest BCUT2D eigenvalue weighted by Crippen LogP contribution is -2.14. The highest BCUT2D eigenvalue weighted by Gasteiger charge is 2.11. The summed E-state index contributed by atoms with van der Waals surface area (Å²) in [6.45, 7) is 1.84. The SMILES string of the molecule is Cc1ccc(Cl)cc1NC(=O)c1cnc(Nc2ccc(F)cc2F)nc1. The fourth-order valence-corrected chi connectivity index (χ4v) is 2.32. The minimum Gasteiger partial charge on any atom is -0.322 e. The summed E-state index contributed by atoms with van der Waals surface area (Å²) >= 11 is 5.93. The Morgan fingerprint density at radius 2 is 1.77 bits per heavy atom. The molecular weight excluding hydrogens is 362 g/mol. The van der Waals surface area contributed by atoms with E-state index < -0.39 is 17.5 Å². The summed E-state index contributed by atoms with van der Waals surface area (Å²) in [5, 5.41) is 5.85. The van der Waals surface area contributed by atoms with Crippen molar-refractivity contribution in [1.29, 1.82) is 0 Å². The van der Waals surface area contributed by atoms with Gasteiger partial charge in [-0.15, -0.1) is 0 Å². The summed E-state index contributed by atoms with van der Waals surface area (Å²) in [7, 11) is 0. The number of benzene rings is 2. The van der Waals surface area contributed by atoms with Crippen LogP contribution in [0, 0.1) is 18.6 Å². The molecule has 26 heavy (non-hydrogen) atoms. The molecule has 0 aliphatic heterocycles. The molecule has 0 bridgehead atoms. The molecule has 0 unspecified atom stereocenters. The summed E-state index contributed by atoms with van der Waals surface area (Å²) < 4.78 is 26.5. The molecule has 0 atom stereocenters. The highest BCUT2D eigenvalue weighted by molar-refractivity contribution is 6.31. The molecule has 5 nitrogen and oxygen atoms in total. The highest BCUT2D eigenvalue weighted by Crippen LogP contribution is 2.21. The van der Waals surface area contributed by atoms with Gasteiger partial charge in [0, 0.05) is 29.2 Å². The molecule has 3 rings (SSSR count). The van der Waals surface area contributed by atoms with E-state index in [1.807, 2.05) is 6.92 Å². The molecule has 132 valence electrons. The number of nitrogens with zero attached hydrogens (tertiary/aromatic N) is 2. The van der Waals surface area contributed by atoms with Crippen LogP contribution in [-0.2, 0) is 0 Å². The van der Waals surface area contributed by atoms with Gasteiger partial charge < -0.3 is 10.6 Å². The molecular formula is C18H13ClF2N4O. The summed E-state index contributed by atoms with van der Waals surface area (Å²) in [4.78, 5) is 20.2. The van der Waals surface area contributed by atoms with E-state index in [9.17, 15) is 13.6 Å². The van der Waals surface area contributed by atoms with Crippen LogP contribution in [0.15, 0.2) is 48.8 Å². The predicted molar refractivity (Wildman–Crippen MR) is 95.8 cm³/mol. The number of hydrogen-bond donors (Lipinski definition) is 2. The van der Waals surface area contributed by atoms with E-state index in [2.05, 4.69) is 20.6 Å². The molecule has 0 saturated carbocycles. The van der Waals surface area contributed by atoms with Gasteiger partial charge in [-0.1, -0.05) is 17.7 Å². The first kappa shape index (κ1) is 17.8. The number of carbonyl (C=O) groups excluding carboxylic acids is 1. The topological polar surface area (TPSA) is 66.9 Å². The van der Waals surface area contributed by atoms with Gasteiger partial charge in [-0.05, 0) is 36.8 Å². The lowest BCUT2D eigenvalue weighted by Gasteiger charge is -2.09. The van der Waals surface area contributed by atoms with Crippen LogP contribution in [-0.4, -0.2) is 15.9 Å². The zero-order chi connectivity index (χ0) is 18.7. The number of halogens is 3. The molecule has 1 amide bonds. The Labute approximate surface area is 153 Å². The molecule has 0 aliphatic carbocycles. The average molecular weight is 375 g/mol. The first-order valence-corrected chi connectivity index (χ1v) is 7.92. The number of nitrogens with one attached hydrogen (secondary N) is 2. The van der Waals surface area contributed by atoms with Gasteiger partial charge in [0.15, 0.2) is 0 Å². The Kier molecular flexibility index (Phi) is 5.09. The zero-order valence-electron chi connectivity index (χ0n) is 13.6. The van der Waals surface area contributed by atoms with Gasteiger partial charge in [-0.2, -0.15) is 0 Å². The molecule has 0 fully saturated rings. The van der Waals surface area contributed by atoms with Crippen molar-refractivity contribution in [3.8, 4) is 0 Å². The fourth-order valence-electron chi connectivity index (χ4n) is 2.14. The smallest absolute Gasteiger partial charge is 0.258 e. The van der Waals surface area contributed by atoms with Crippen molar-refractivity contribution in [3.63, 3.8) is 0 Å². The highest BCUT2D eigenvalue weighted by atomic mass is 35.5. The van der Waals surface area contributed by atoms with Crippen LogP contribution < -0.4 is 10.6 Å². The quantitative estimate of drug-likeness (QED) is 0.694. The van der Waals surface area contributed by atoms with Crippen molar-refractivity contribution in [2.45, 2.75) is 6.92 Å². The average Bonchev–Trinajstić information content (AvgIpc) is 2.61. The minimum atomic E-state index is -0.771. The van der Waals surface area contributed by atoms with E-state index in [1.165, 1.54) is 18.5 Å². The maximum absolute atomic E-state index is 13.6. The Balaban J connectivity index is 1.72. The van der Waals surface area contributed by atoms with Crippen molar-refractivity contribution in [2.24, 2.45) is 0 Å². The number of aryl methyl sites for hydroxylation is 1. The van der Waals surface area contributed by atoms with Crippen LogP contribution in [0.1, 0.15) is 15.9 Å². The molecule has 3 aromatic rings. The second-order valence-corrected chi connectivity index (χ2v) is 5.89. The van der Waals surface area contributed by atoms with Gasteiger partial charge in [-0.25, -0.2) is 18.7 Å². The third-order valence-electron chi connectivity index (χ3n) is 3.54. The van der Waals surface area contributed by atoms with E-state index in [1.54, 1.807) is 18.2 Å². The molecule has 0 aliphatic rings. The lowest BCUT2D eigenvalue weighted by atomic mass is 10.2. The summed E-state index contributed by atoms with van der Waals surface area (Å²) in [5.74, 6) is -1.79. The monoisotopic (exact) mass is 374 g/mol. The second kappa shape index (κ2) is 7.45. The Bertz CT molecular complexity index is 964. The molecule has 0 saturated heterocycles. The van der Waals surface area contributed by atoms with Gasteiger partial charge in [0.05, 0.1) is 11.3 Å². The van der Waals surface area contributed by atoms with Crippen LogP contribution in [0.25, 0.3) is 0 Å². The Hall–Kier alpha value is -3.06. The van der Waals surface area contributed by atoms with Crippen molar-refractivity contribution >= 4 is 34.8 Å². The molecule has 2 aromatic carbocycles. The van der Waals surface area contributed by atoms with Crippen LogP contribution >= 0.6 is 11.6 Å². The summed E-state index contributed by atoms with van der Waals surface area (Å²) in [5.41, 5.74) is 1.68. The van der Waals surface area contributed by atoms with E-state index in [-0.39, 0.29) is 17.2 Å². The Morgan fingerprint density at radius 1 is 1.04 bits per heavy atom. The number of anilines is 3. The standard InChI is InChI=1S/C18H13ClF2N4O/c1-10-2-3-12(19)6-16(10)24-17(26)11-8-22-18(23-9-11)25-15-5-4-13(20)7-14(15)21/h2-9H,1H3,(H,24,26)(H,22,23,25). The van der Waals surface area contributed by atoms with Gasteiger partial charge >= 0.3 is 0 Å². The first-order chi connectivity index (χ1) is 12.4. The predicted octanol–water partition coefficient (Wildman–Crippen LogP) is 4.71.